The molecule has 0 bridgehead atoms. The summed E-state index contributed by atoms with van der Waals surface area (Å²) in [6.07, 6.45) is 3.87. The van der Waals surface area contributed by atoms with Crippen LogP contribution < -0.4 is 4.72 Å². The third kappa shape index (κ3) is 3.56. The summed E-state index contributed by atoms with van der Waals surface area (Å²) >= 11 is 6.91. The zero-order valence-corrected chi connectivity index (χ0v) is 17.9. The summed E-state index contributed by atoms with van der Waals surface area (Å²) in [7, 11) is -3.85. The number of carbonyl (C=O) groups excluding carboxylic acids is 1. The van der Waals surface area contributed by atoms with Crippen molar-refractivity contribution in [2.24, 2.45) is 0 Å². The van der Waals surface area contributed by atoms with Crippen LogP contribution in [-0.4, -0.2) is 46.8 Å². The minimum Gasteiger partial charge on any atom is -0.357 e. The average molecular weight is 462 g/mol. The molecule has 2 N–H and O–H groups in total. The van der Waals surface area contributed by atoms with Crippen molar-refractivity contribution in [1.82, 2.24) is 24.6 Å². The molecular formula is C19H16ClN5O3S2. The summed E-state index contributed by atoms with van der Waals surface area (Å²) in [5.41, 5.74) is 1.82. The molecule has 30 heavy (non-hydrogen) atoms. The monoisotopic (exact) mass is 461 g/mol. The van der Waals surface area contributed by atoms with Gasteiger partial charge in [0.1, 0.15) is 20.2 Å². The molecule has 5 rings (SSSR count). The molecule has 4 aromatic heterocycles. The van der Waals surface area contributed by atoms with Gasteiger partial charge in [0.05, 0.1) is 6.54 Å². The Kier molecular flexibility index (Phi) is 4.73. The lowest BCUT2D eigenvalue weighted by Crippen LogP contribution is -2.41. The van der Waals surface area contributed by atoms with Crippen molar-refractivity contribution in [3.63, 3.8) is 0 Å². The summed E-state index contributed by atoms with van der Waals surface area (Å²) in [4.78, 5) is 26.5. The highest BCUT2D eigenvalue weighted by Crippen LogP contribution is 2.29. The number of aromatic amines is 1. The number of pyridine rings is 2. The predicted molar refractivity (Wildman–Crippen MR) is 115 cm³/mol. The largest absolute Gasteiger partial charge is 0.357 e. The number of hydrogen-bond acceptors (Lipinski definition) is 6. The smallest absolute Gasteiger partial charge is 0.250 e. The molecule has 5 heterocycles. The van der Waals surface area contributed by atoms with Gasteiger partial charge in [-0.25, -0.2) is 13.4 Å². The summed E-state index contributed by atoms with van der Waals surface area (Å²) in [5.74, 6) is -0.238. The van der Waals surface area contributed by atoms with E-state index in [4.69, 9.17) is 11.6 Å². The first-order valence-corrected chi connectivity index (χ1v) is 11.9. The van der Waals surface area contributed by atoms with Crippen molar-refractivity contribution >= 4 is 60.0 Å². The molecule has 4 aromatic rings. The van der Waals surface area contributed by atoms with Crippen molar-refractivity contribution in [3.05, 3.63) is 53.6 Å². The van der Waals surface area contributed by atoms with E-state index >= 15 is 0 Å². The molecule has 0 saturated carbocycles. The Hall–Kier alpha value is -2.53. The van der Waals surface area contributed by atoms with Crippen molar-refractivity contribution < 1.29 is 13.2 Å². The zero-order chi connectivity index (χ0) is 20.9. The lowest BCUT2D eigenvalue weighted by molar-refractivity contribution is -0.129. The van der Waals surface area contributed by atoms with Crippen molar-refractivity contribution in [1.29, 1.82) is 0 Å². The van der Waals surface area contributed by atoms with E-state index in [1.807, 2.05) is 12.1 Å². The van der Waals surface area contributed by atoms with Crippen LogP contribution in [0.5, 0.6) is 0 Å². The maximum absolute atomic E-state index is 12.8. The fourth-order valence-electron chi connectivity index (χ4n) is 3.58. The molecule has 0 aliphatic carbocycles. The summed E-state index contributed by atoms with van der Waals surface area (Å²) < 4.78 is 28.3. The van der Waals surface area contributed by atoms with Gasteiger partial charge in [-0.3, -0.25) is 9.78 Å². The van der Waals surface area contributed by atoms with Crippen molar-refractivity contribution in [2.45, 2.75) is 23.2 Å². The molecule has 1 fully saturated rings. The van der Waals surface area contributed by atoms with E-state index in [2.05, 4.69) is 19.7 Å². The fraction of sp³-hybridized carbons (Fsp3) is 0.211. The maximum Gasteiger partial charge on any atom is 0.250 e. The van der Waals surface area contributed by atoms with Crippen LogP contribution in [-0.2, 0) is 21.4 Å². The van der Waals surface area contributed by atoms with Crippen LogP contribution in [0.25, 0.3) is 21.1 Å². The number of carbonyl (C=O) groups is 1. The molecule has 0 spiro atoms. The highest BCUT2D eigenvalue weighted by atomic mass is 35.5. The normalized spacial score (nSPS) is 17.4. The molecule has 11 heteroatoms. The van der Waals surface area contributed by atoms with Gasteiger partial charge in [-0.15, -0.1) is 11.3 Å². The Bertz CT molecular complexity index is 1350. The van der Waals surface area contributed by atoms with Crippen molar-refractivity contribution in [3.8, 4) is 0 Å². The van der Waals surface area contributed by atoms with Crippen LogP contribution in [0.3, 0.4) is 0 Å². The van der Waals surface area contributed by atoms with Gasteiger partial charge in [0.25, 0.3) is 10.0 Å². The van der Waals surface area contributed by atoms with E-state index < -0.39 is 16.1 Å². The molecule has 1 aliphatic heterocycles. The number of thiophene rings is 1. The quantitative estimate of drug-likeness (QED) is 0.444. The second-order valence-electron chi connectivity index (χ2n) is 7.07. The third-order valence-corrected chi connectivity index (χ3v) is 8.22. The molecule has 154 valence electrons. The van der Waals surface area contributed by atoms with E-state index in [-0.39, 0.29) is 10.1 Å². The predicted octanol–water partition coefficient (Wildman–Crippen LogP) is 2.91. The van der Waals surface area contributed by atoms with E-state index in [0.717, 1.165) is 27.9 Å². The van der Waals surface area contributed by atoms with Gasteiger partial charge >= 0.3 is 0 Å². The van der Waals surface area contributed by atoms with Crippen LogP contribution in [0.4, 0.5) is 0 Å². The molecule has 1 amide bonds. The number of hydrogen-bond donors (Lipinski definition) is 2. The highest BCUT2D eigenvalue weighted by Gasteiger charge is 2.35. The Morgan fingerprint density at radius 1 is 1.27 bits per heavy atom. The van der Waals surface area contributed by atoms with Crippen LogP contribution >= 0.6 is 22.9 Å². The van der Waals surface area contributed by atoms with Crippen molar-refractivity contribution in [2.75, 3.05) is 6.54 Å². The van der Waals surface area contributed by atoms with E-state index in [1.54, 1.807) is 35.5 Å². The summed E-state index contributed by atoms with van der Waals surface area (Å²) in [6, 6.07) is 7.90. The number of likely N-dealkylation sites (tertiary alicyclic amines) is 1. The molecule has 8 nitrogen and oxygen atoms in total. The number of H-pyrrole nitrogens is 1. The minimum absolute atomic E-state index is 0.113. The van der Waals surface area contributed by atoms with Gasteiger partial charge in [-0.1, -0.05) is 11.6 Å². The Labute approximate surface area is 180 Å². The Balaban J connectivity index is 1.31. The van der Waals surface area contributed by atoms with Gasteiger partial charge in [-0.05, 0) is 36.8 Å². The minimum atomic E-state index is -3.85. The van der Waals surface area contributed by atoms with Crippen LogP contribution in [0.2, 0.25) is 5.15 Å². The first kappa shape index (κ1) is 19.4. The fourth-order valence-corrected chi connectivity index (χ4v) is 6.35. The highest BCUT2D eigenvalue weighted by molar-refractivity contribution is 7.91. The van der Waals surface area contributed by atoms with Gasteiger partial charge in [0.15, 0.2) is 0 Å². The molecule has 0 aromatic carbocycles. The number of sulfonamides is 1. The molecule has 1 atom stereocenters. The number of nitrogens with one attached hydrogen (secondary N) is 2. The topological polar surface area (TPSA) is 108 Å². The Morgan fingerprint density at radius 3 is 2.97 bits per heavy atom. The van der Waals surface area contributed by atoms with Gasteiger partial charge in [-0.2, -0.15) is 4.72 Å². The number of halogens is 1. The standard InChI is InChI=1S/C19H16ClN5O3S2/c20-16-2-1-11-8-17(29-18(11)23-16)30(27,28)24-15-4-6-25(19(15)26)10-13-7-12-9-21-5-3-14(12)22-13/h1-3,5,7-9,15,22,24H,4,6,10H2/t15-/m0/s1. The number of rotatable bonds is 5. The first-order valence-electron chi connectivity index (χ1n) is 9.18. The lowest BCUT2D eigenvalue weighted by atomic mass is 10.3. The average Bonchev–Trinajstić information content (AvgIpc) is 3.40. The lowest BCUT2D eigenvalue weighted by Gasteiger charge is -2.16. The maximum atomic E-state index is 12.8. The summed E-state index contributed by atoms with van der Waals surface area (Å²) in [6.45, 7) is 0.861. The number of nitrogens with zero attached hydrogens (tertiary/aromatic N) is 3. The van der Waals surface area contributed by atoms with E-state index in [0.29, 0.717) is 34.9 Å². The molecule has 0 unspecified atom stereocenters. The second kappa shape index (κ2) is 7.31. The van der Waals surface area contributed by atoms with Gasteiger partial charge in [0, 0.05) is 40.9 Å². The number of amides is 1. The Morgan fingerprint density at radius 2 is 2.13 bits per heavy atom. The summed E-state index contributed by atoms with van der Waals surface area (Å²) in [5, 5.41) is 1.96. The first-order chi connectivity index (χ1) is 14.4. The van der Waals surface area contributed by atoms with Crippen LogP contribution in [0.1, 0.15) is 12.1 Å². The molecule has 0 radical (unpaired) electrons. The molecular weight excluding hydrogens is 446 g/mol. The number of fused-ring (bicyclic) bond motifs is 2. The van der Waals surface area contributed by atoms with E-state index in [1.165, 1.54) is 0 Å². The number of aromatic nitrogens is 3. The van der Waals surface area contributed by atoms with Gasteiger partial charge < -0.3 is 9.88 Å². The SMILES string of the molecule is O=C1[C@@H](NS(=O)(=O)c2cc3ccc(Cl)nc3s2)CCN1Cc1cc2cnccc2[nH]1. The van der Waals surface area contributed by atoms with Gasteiger partial charge in [0.2, 0.25) is 5.91 Å². The van der Waals surface area contributed by atoms with E-state index in [9.17, 15) is 13.2 Å². The second-order valence-corrected chi connectivity index (χ2v) is 10.4. The van der Waals surface area contributed by atoms with Crippen LogP contribution in [0, 0.1) is 0 Å². The van der Waals surface area contributed by atoms with Crippen LogP contribution in [0.15, 0.2) is 46.9 Å². The molecule has 1 aliphatic rings. The molecule has 1 saturated heterocycles. The zero-order valence-electron chi connectivity index (χ0n) is 15.5. The third-order valence-electron chi connectivity index (χ3n) is 5.02.